The molecule has 5 rings (SSSR count). The molecule has 8 atom stereocenters. The van der Waals surface area contributed by atoms with Gasteiger partial charge >= 0.3 is 5.97 Å². The van der Waals surface area contributed by atoms with E-state index in [4.69, 9.17) is 0 Å². The summed E-state index contributed by atoms with van der Waals surface area (Å²) in [5.41, 5.74) is 1.27. The van der Waals surface area contributed by atoms with Crippen molar-refractivity contribution in [3.63, 3.8) is 0 Å². The highest BCUT2D eigenvalue weighted by Crippen LogP contribution is 2.74. The fourth-order valence-corrected chi connectivity index (χ4v) is 9.73. The van der Waals surface area contributed by atoms with Crippen molar-refractivity contribution in [2.24, 2.45) is 44.3 Å². The molecule has 5 aliphatic carbocycles. The standard InChI is InChI=1S/C30H44O4/c1-25(2)20-10-13-30(7)21(28(20,5)12-11-22(25)31)9-8-18-19-16-26(3,24(33)34)17-23(32)27(19,4)14-15-29(18,30)6/h8-9,19-20,22,31H,10-17H2,1-7H3,(H,33,34)/t19-,20+,22-,26-,27+,28-,29+,30+/m0/s1. The third kappa shape index (κ3) is 2.70. The minimum Gasteiger partial charge on any atom is -0.481 e. The predicted molar refractivity (Wildman–Crippen MR) is 133 cm³/mol. The van der Waals surface area contributed by atoms with E-state index in [0.717, 1.165) is 38.5 Å². The Kier molecular flexibility index (Phi) is 4.90. The highest BCUT2D eigenvalue weighted by molar-refractivity contribution is 5.92. The van der Waals surface area contributed by atoms with Crippen LogP contribution in [0.3, 0.4) is 0 Å². The number of ketones is 1. The number of aliphatic carboxylic acids is 1. The van der Waals surface area contributed by atoms with Crippen molar-refractivity contribution in [3.05, 3.63) is 23.3 Å². The fourth-order valence-electron chi connectivity index (χ4n) is 9.73. The van der Waals surface area contributed by atoms with Gasteiger partial charge in [-0.2, -0.15) is 0 Å². The first-order valence-corrected chi connectivity index (χ1v) is 13.4. The summed E-state index contributed by atoms with van der Waals surface area (Å²) in [6.07, 6.45) is 11.0. The summed E-state index contributed by atoms with van der Waals surface area (Å²) in [7, 11) is 0. The van der Waals surface area contributed by atoms with Crippen LogP contribution in [-0.2, 0) is 9.59 Å². The molecule has 2 N–H and O–H groups in total. The van der Waals surface area contributed by atoms with E-state index in [0.29, 0.717) is 12.3 Å². The zero-order chi connectivity index (χ0) is 25.1. The summed E-state index contributed by atoms with van der Waals surface area (Å²) < 4.78 is 0. The maximum atomic E-state index is 13.4. The van der Waals surface area contributed by atoms with E-state index in [1.807, 2.05) is 0 Å². The monoisotopic (exact) mass is 468 g/mol. The van der Waals surface area contributed by atoms with Gasteiger partial charge in [-0.1, -0.05) is 64.8 Å². The number of carbonyl (C=O) groups excluding carboxylic acids is 1. The van der Waals surface area contributed by atoms with E-state index >= 15 is 0 Å². The molecule has 5 aliphatic rings. The van der Waals surface area contributed by atoms with Crippen LogP contribution < -0.4 is 0 Å². The molecule has 0 unspecified atom stereocenters. The van der Waals surface area contributed by atoms with Crippen LogP contribution in [0.5, 0.6) is 0 Å². The van der Waals surface area contributed by atoms with Gasteiger partial charge < -0.3 is 10.2 Å². The summed E-state index contributed by atoms with van der Waals surface area (Å²) in [6.45, 7) is 15.7. The van der Waals surface area contributed by atoms with Crippen LogP contribution in [0.2, 0.25) is 0 Å². The number of Topliss-reactive ketones (excluding diaryl/α,β-unsaturated/α-hetero) is 1. The van der Waals surface area contributed by atoms with Gasteiger partial charge in [0.1, 0.15) is 5.78 Å². The molecule has 0 bridgehead atoms. The lowest BCUT2D eigenvalue weighted by atomic mass is 9.36. The maximum absolute atomic E-state index is 13.4. The maximum Gasteiger partial charge on any atom is 0.309 e. The molecule has 34 heavy (non-hydrogen) atoms. The second-order valence-corrected chi connectivity index (χ2v) is 14.4. The number of hydrogen-bond donors (Lipinski definition) is 2. The summed E-state index contributed by atoms with van der Waals surface area (Å²) in [5, 5.41) is 20.9. The first-order valence-electron chi connectivity index (χ1n) is 13.4. The van der Waals surface area contributed by atoms with Gasteiger partial charge in [-0.05, 0) is 85.4 Å². The van der Waals surface area contributed by atoms with Gasteiger partial charge in [-0.15, -0.1) is 0 Å². The smallest absolute Gasteiger partial charge is 0.309 e. The zero-order valence-corrected chi connectivity index (χ0v) is 22.3. The highest BCUT2D eigenvalue weighted by atomic mass is 16.4. The Bertz CT molecular complexity index is 1020. The number of carboxylic acids is 1. The molecular weight excluding hydrogens is 424 g/mol. The average molecular weight is 469 g/mol. The largest absolute Gasteiger partial charge is 0.481 e. The van der Waals surface area contributed by atoms with Crippen molar-refractivity contribution in [2.75, 3.05) is 0 Å². The van der Waals surface area contributed by atoms with Gasteiger partial charge in [0, 0.05) is 11.8 Å². The minimum atomic E-state index is -0.988. The van der Waals surface area contributed by atoms with Crippen molar-refractivity contribution in [2.45, 2.75) is 106 Å². The molecule has 0 saturated heterocycles. The Labute approximate surface area is 205 Å². The SMILES string of the molecule is CC1(C)[C@H]2CC[C@]3(C)C(=CC=C4[C@@H]5C[C@](C)(C(=O)O)CC(=O)[C@]5(C)CC[C@]43C)[C@@]2(C)CC[C@@H]1O. The summed E-state index contributed by atoms with van der Waals surface area (Å²) >= 11 is 0. The van der Waals surface area contributed by atoms with E-state index in [9.17, 15) is 19.8 Å². The van der Waals surface area contributed by atoms with E-state index in [1.54, 1.807) is 6.92 Å². The lowest BCUT2D eigenvalue weighted by molar-refractivity contribution is -0.162. The zero-order valence-electron chi connectivity index (χ0n) is 22.3. The minimum absolute atomic E-state index is 0.0118. The van der Waals surface area contributed by atoms with Crippen LogP contribution in [0.15, 0.2) is 23.3 Å². The molecule has 4 fully saturated rings. The summed E-state index contributed by atoms with van der Waals surface area (Å²) in [4.78, 5) is 25.6. The third-order valence-electron chi connectivity index (χ3n) is 12.5. The van der Waals surface area contributed by atoms with Gasteiger partial charge in [-0.25, -0.2) is 0 Å². The Morgan fingerprint density at radius 2 is 1.56 bits per heavy atom. The van der Waals surface area contributed by atoms with E-state index in [1.165, 1.54) is 11.1 Å². The number of fused-ring (bicyclic) bond motifs is 7. The van der Waals surface area contributed by atoms with Crippen molar-refractivity contribution in [3.8, 4) is 0 Å². The van der Waals surface area contributed by atoms with Gasteiger partial charge in [-0.3, -0.25) is 9.59 Å². The van der Waals surface area contributed by atoms with E-state index in [-0.39, 0.29) is 45.9 Å². The molecule has 0 spiro atoms. The highest BCUT2D eigenvalue weighted by Gasteiger charge is 2.67. The Morgan fingerprint density at radius 3 is 2.21 bits per heavy atom. The average Bonchev–Trinajstić information content (AvgIpc) is 2.73. The molecule has 0 radical (unpaired) electrons. The second kappa shape index (κ2) is 6.87. The molecule has 188 valence electrons. The molecule has 0 amide bonds. The number of carbonyl (C=O) groups is 2. The van der Waals surface area contributed by atoms with Gasteiger partial charge in [0.05, 0.1) is 11.5 Å². The Morgan fingerprint density at radius 1 is 0.882 bits per heavy atom. The number of aliphatic hydroxyl groups excluding tert-OH is 1. The molecule has 0 aromatic carbocycles. The lowest BCUT2D eigenvalue weighted by Gasteiger charge is -2.68. The molecule has 4 nitrogen and oxygen atoms in total. The van der Waals surface area contributed by atoms with Crippen molar-refractivity contribution < 1.29 is 19.8 Å². The fraction of sp³-hybridized carbons (Fsp3) is 0.800. The van der Waals surface area contributed by atoms with Crippen LogP contribution >= 0.6 is 0 Å². The molecule has 0 aliphatic heterocycles. The van der Waals surface area contributed by atoms with Crippen LogP contribution in [0.1, 0.15) is 99.8 Å². The molecule has 0 aromatic rings. The van der Waals surface area contributed by atoms with Crippen molar-refractivity contribution in [1.82, 2.24) is 0 Å². The Balaban J connectivity index is 1.64. The molecule has 0 aromatic heterocycles. The lowest BCUT2D eigenvalue weighted by Crippen LogP contribution is -2.62. The number of aliphatic hydroxyl groups is 1. The molecule has 4 saturated carbocycles. The molecule has 4 heteroatoms. The Hall–Kier alpha value is -1.42. The second-order valence-electron chi connectivity index (χ2n) is 14.4. The third-order valence-corrected chi connectivity index (χ3v) is 12.5. The number of carboxylic acid groups (broad SMARTS) is 1. The number of rotatable bonds is 1. The van der Waals surface area contributed by atoms with Gasteiger partial charge in [0.2, 0.25) is 0 Å². The first kappa shape index (κ1) is 24.3. The van der Waals surface area contributed by atoms with Crippen LogP contribution in [0, 0.1) is 44.3 Å². The number of allylic oxidation sites excluding steroid dienone is 4. The quantitative estimate of drug-likeness (QED) is 0.471. The summed E-state index contributed by atoms with van der Waals surface area (Å²) in [6, 6.07) is 0. The van der Waals surface area contributed by atoms with Crippen LogP contribution in [0.4, 0.5) is 0 Å². The summed E-state index contributed by atoms with van der Waals surface area (Å²) in [5.74, 6) is -0.277. The van der Waals surface area contributed by atoms with Crippen molar-refractivity contribution >= 4 is 11.8 Å². The van der Waals surface area contributed by atoms with Crippen LogP contribution in [-0.4, -0.2) is 28.1 Å². The molecule has 0 heterocycles. The van der Waals surface area contributed by atoms with E-state index in [2.05, 4.69) is 53.7 Å². The van der Waals surface area contributed by atoms with Gasteiger partial charge in [0.25, 0.3) is 0 Å². The molecular formula is C30H44O4. The predicted octanol–water partition coefficient (Wildman–Crippen LogP) is 6.33. The van der Waals surface area contributed by atoms with Crippen LogP contribution in [0.25, 0.3) is 0 Å². The first-order chi connectivity index (χ1) is 15.6. The van der Waals surface area contributed by atoms with E-state index < -0.39 is 16.8 Å². The topological polar surface area (TPSA) is 74.6 Å². The number of hydrogen-bond acceptors (Lipinski definition) is 3. The van der Waals surface area contributed by atoms with Crippen molar-refractivity contribution in [1.29, 1.82) is 0 Å². The normalized spacial score (nSPS) is 51.8. The van der Waals surface area contributed by atoms with Gasteiger partial charge in [0.15, 0.2) is 0 Å².